The van der Waals surface area contributed by atoms with Gasteiger partial charge in [-0.25, -0.2) is 9.07 Å². The first kappa shape index (κ1) is 20.9. The molecule has 33 heavy (non-hydrogen) atoms. The summed E-state index contributed by atoms with van der Waals surface area (Å²) in [4.78, 5) is 16.9. The minimum atomic E-state index is -0.318. The van der Waals surface area contributed by atoms with Crippen LogP contribution in [0.15, 0.2) is 67.0 Å². The average Bonchev–Trinajstić information content (AvgIpc) is 3.39. The number of nitrogens with one attached hydrogen (secondary N) is 1. The van der Waals surface area contributed by atoms with Crippen LogP contribution < -0.4 is 10.1 Å². The lowest BCUT2D eigenvalue weighted by Gasteiger charge is -2.14. The van der Waals surface area contributed by atoms with E-state index in [0.29, 0.717) is 29.8 Å². The Bertz CT molecular complexity index is 1330. The van der Waals surface area contributed by atoms with E-state index in [0.717, 1.165) is 28.2 Å². The van der Waals surface area contributed by atoms with E-state index in [-0.39, 0.29) is 17.8 Å². The van der Waals surface area contributed by atoms with Gasteiger partial charge in [0.1, 0.15) is 17.7 Å². The molecule has 4 aromatic rings. The van der Waals surface area contributed by atoms with Crippen molar-refractivity contribution in [2.75, 3.05) is 6.54 Å². The molecule has 1 N–H and O–H groups in total. The molecular formula is C26H23FN4O2. The highest BCUT2D eigenvalue weighted by atomic mass is 19.1. The van der Waals surface area contributed by atoms with Gasteiger partial charge in [-0.1, -0.05) is 12.1 Å². The topological polar surface area (TPSA) is 69.0 Å². The largest absolute Gasteiger partial charge is 0.487 e. The molecular weight excluding hydrogens is 419 g/mol. The van der Waals surface area contributed by atoms with Crippen LogP contribution in [-0.4, -0.2) is 33.3 Å². The zero-order chi connectivity index (χ0) is 22.9. The first-order valence-corrected chi connectivity index (χ1v) is 10.8. The van der Waals surface area contributed by atoms with Crippen molar-refractivity contribution in [1.82, 2.24) is 20.1 Å². The van der Waals surface area contributed by atoms with E-state index in [2.05, 4.69) is 15.4 Å². The highest BCUT2D eigenvalue weighted by Crippen LogP contribution is 2.39. The monoisotopic (exact) mass is 442 g/mol. The second-order valence-corrected chi connectivity index (χ2v) is 8.23. The summed E-state index contributed by atoms with van der Waals surface area (Å²) in [5.41, 5.74) is 5.54. The Hall–Kier alpha value is -4.00. The van der Waals surface area contributed by atoms with Gasteiger partial charge in [0.25, 0.3) is 5.91 Å². The number of carbonyl (C=O) groups is 1. The van der Waals surface area contributed by atoms with Crippen LogP contribution in [0.25, 0.3) is 16.8 Å². The van der Waals surface area contributed by atoms with Crippen molar-refractivity contribution in [3.05, 3.63) is 95.3 Å². The van der Waals surface area contributed by atoms with Gasteiger partial charge in [-0.15, -0.1) is 0 Å². The normalized spacial score (nSPS) is 14.6. The quantitative estimate of drug-likeness (QED) is 0.497. The number of aryl methyl sites for hydroxylation is 2. The van der Waals surface area contributed by atoms with Crippen molar-refractivity contribution in [3.63, 3.8) is 0 Å². The van der Waals surface area contributed by atoms with E-state index < -0.39 is 0 Å². The van der Waals surface area contributed by atoms with E-state index in [4.69, 9.17) is 4.74 Å². The molecule has 0 saturated carbocycles. The number of benzene rings is 2. The molecule has 0 bridgehead atoms. The van der Waals surface area contributed by atoms with Gasteiger partial charge in [0, 0.05) is 46.8 Å². The molecule has 7 heteroatoms. The summed E-state index contributed by atoms with van der Waals surface area (Å²) in [6, 6.07) is 16.0. The Morgan fingerprint density at radius 2 is 2.06 bits per heavy atom. The van der Waals surface area contributed by atoms with Crippen LogP contribution in [0.2, 0.25) is 0 Å². The highest BCUT2D eigenvalue weighted by molar-refractivity contribution is 5.94. The number of aromatic nitrogens is 3. The number of hydrogen-bond donors (Lipinski definition) is 1. The smallest absolute Gasteiger partial charge is 0.251 e. The molecule has 1 atom stereocenters. The van der Waals surface area contributed by atoms with Crippen molar-refractivity contribution in [1.29, 1.82) is 0 Å². The number of pyridine rings is 1. The zero-order valence-corrected chi connectivity index (χ0v) is 18.4. The second kappa shape index (κ2) is 8.50. The third kappa shape index (κ3) is 4.22. The summed E-state index contributed by atoms with van der Waals surface area (Å²) < 4.78 is 22.2. The van der Waals surface area contributed by atoms with E-state index in [9.17, 15) is 9.18 Å². The molecule has 0 unspecified atom stereocenters. The molecule has 0 aliphatic carbocycles. The van der Waals surface area contributed by atoms with Crippen molar-refractivity contribution >= 4 is 5.91 Å². The van der Waals surface area contributed by atoms with Crippen LogP contribution >= 0.6 is 0 Å². The van der Waals surface area contributed by atoms with Crippen molar-refractivity contribution < 1.29 is 13.9 Å². The number of ether oxygens (including phenoxy) is 1. The lowest BCUT2D eigenvalue weighted by atomic mass is 10.0. The fraction of sp³-hybridized carbons (Fsp3) is 0.192. The number of hydrogen-bond acceptors (Lipinski definition) is 4. The Kier molecular flexibility index (Phi) is 5.38. The van der Waals surface area contributed by atoms with E-state index >= 15 is 0 Å². The van der Waals surface area contributed by atoms with Gasteiger partial charge in [-0.3, -0.25) is 9.78 Å². The van der Waals surface area contributed by atoms with Crippen LogP contribution in [-0.2, 0) is 6.42 Å². The maximum absolute atomic E-state index is 14.2. The standard InChI is InChI=1S/C26H23FN4O2/c1-16-9-17(2)31(30-16)22-7-3-5-18(11-22)26(32)29-15-23-12-20-10-21(27)13-24(25(20)33-23)19-6-4-8-28-14-19/h3-11,13-14,23H,12,15H2,1-2H3,(H,29,32)/t23-/m0/s1. The fourth-order valence-electron chi connectivity index (χ4n) is 4.22. The summed E-state index contributed by atoms with van der Waals surface area (Å²) in [5, 5.41) is 7.43. The highest BCUT2D eigenvalue weighted by Gasteiger charge is 2.27. The van der Waals surface area contributed by atoms with E-state index in [1.54, 1.807) is 24.5 Å². The molecule has 5 rings (SSSR count). The summed E-state index contributed by atoms with van der Waals surface area (Å²) in [6.07, 6.45) is 3.60. The van der Waals surface area contributed by atoms with Gasteiger partial charge in [-0.2, -0.15) is 5.10 Å². The first-order valence-electron chi connectivity index (χ1n) is 10.8. The Balaban J connectivity index is 1.29. The van der Waals surface area contributed by atoms with Gasteiger partial charge in [0.15, 0.2) is 0 Å². The van der Waals surface area contributed by atoms with Crippen molar-refractivity contribution in [2.45, 2.75) is 26.4 Å². The van der Waals surface area contributed by atoms with Crippen LogP contribution in [0, 0.1) is 19.7 Å². The molecule has 6 nitrogen and oxygen atoms in total. The summed E-state index contributed by atoms with van der Waals surface area (Å²) >= 11 is 0. The van der Waals surface area contributed by atoms with Crippen LogP contribution in [0.3, 0.4) is 0 Å². The number of fused-ring (bicyclic) bond motifs is 1. The molecule has 2 aromatic carbocycles. The summed E-state index contributed by atoms with van der Waals surface area (Å²) in [6.45, 7) is 4.22. The van der Waals surface area contributed by atoms with Crippen molar-refractivity contribution in [2.24, 2.45) is 0 Å². The number of halogens is 1. The van der Waals surface area contributed by atoms with Gasteiger partial charge in [0.05, 0.1) is 17.9 Å². The van der Waals surface area contributed by atoms with Crippen LogP contribution in [0.5, 0.6) is 5.75 Å². The molecule has 0 saturated heterocycles. The third-order valence-corrected chi connectivity index (χ3v) is 5.69. The molecule has 1 aliphatic heterocycles. The van der Waals surface area contributed by atoms with Crippen molar-refractivity contribution in [3.8, 4) is 22.6 Å². The fourth-order valence-corrected chi connectivity index (χ4v) is 4.22. The van der Waals surface area contributed by atoms with Crippen LogP contribution in [0.4, 0.5) is 4.39 Å². The molecule has 1 aliphatic rings. The van der Waals surface area contributed by atoms with Crippen LogP contribution in [0.1, 0.15) is 27.3 Å². The predicted molar refractivity (Wildman–Crippen MR) is 123 cm³/mol. The lowest BCUT2D eigenvalue weighted by Crippen LogP contribution is -2.34. The predicted octanol–water partition coefficient (Wildman–Crippen LogP) is 4.42. The molecule has 0 fully saturated rings. The number of nitrogens with zero attached hydrogens (tertiary/aromatic N) is 3. The number of carbonyl (C=O) groups excluding carboxylic acids is 1. The molecule has 3 heterocycles. The number of amides is 1. The SMILES string of the molecule is Cc1cc(C)n(-c2cccc(C(=O)NC[C@@H]3Cc4cc(F)cc(-c5cccnc5)c4O3)c2)n1. The Labute approximate surface area is 191 Å². The minimum absolute atomic E-state index is 0.198. The molecule has 166 valence electrons. The Morgan fingerprint density at radius 1 is 1.18 bits per heavy atom. The Morgan fingerprint density at radius 3 is 2.82 bits per heavy atom. The third-order valence-electron chi connectivity index (χ3n) is 5.69. The maximum atomic E-state index is 14.2. The average molecular weight is 442 g/mol. The minimum Gasteiger partial charge on any atom is -0.487 e. The summed E-state index contributed by atoms with van der Waals surface area (Å²) in [5.74, 6) is 0.133. The second-order valence-electron chi connectivity index (χ2n) is 8.23. The van der Waals surface area contributed by atoms with E-state index in [1.807, 2.05) is 48.9 Å². The first-order chi connectivity index (χ1) is 16.0. The van der Waals surface area contributed by atoms with Gasteiger partial charge < -0.3 is 10.1 Å². The van der Waals surface area contributed by atoms with Gasteiger partial charge in [0.2, 0.25) is 0 Å². The van der Waals surface area contributed by atoms with Gasteiger partial charge in [-0.05, 0) is 56.3 Å². The summed E-state index contributed by atoms with van der Waals surface area (Å²) in [7, 11) is 0. The molecule has 0 spiro atoms. The van der Waals surface area contributed by atoms with E-state index in [1.165, 1.54) is 12.1 Å². The molecule has 1 amide bonds. The maximum Gasteiger partial charge on any atom is 0.251 e. The molecule has 2 aromatic heterocycles. The molecule has 0 radical (unpaired) electrons. The lowest BCUT2D eigenvalue weighted by molar-refractivity contribution is 0.0933. The number of rotatable bonds is 5. The zero-order valence-electron chi connectivity index (χ0n) is 18.4. The van der Waals surface area contributed by atoms with Gasteiger partial charge >= 0.3 is 0 Å².